The van der Waals surface area contributed by atoms with E-state index in [1.807, 2.05) is 49.4 Å². The molecule has 0 aromatic heterocycles. The van der Waals surface area contributed by atoms with Crippen molar-refractivity contribution in [3.63, 3.8) is 0 Å². The second kappa shape index (κ2) is 12.1. The molecule has 0 heterocycles. The van der Waals surface area contributed by atoms with Crippen LogP contribution in [0.15, 0.2) is 54.6 Å². The molecule has 31 heavy (non-hydrogen) atoms. The Kier molecular flexibility index (Phi) is 9.22. The molecule has 164 valence electrons. The molecular formula is C23H26N2O6. The van der Waals surface area contributed by atoms with E-state index in [0.29, 0.717) is 5.56 Å². The van der Waals surface area contributed by atoms with Crippen molar-refractivity contribution in [3.8, 4) is 0 Å². The number of amides is 2. The smallest absolute Gasteiger partial charge is 0.328 e. The van der Waals surface area contributed by atoms with E-state index in [1.54, 1.807) is 12.1 Å². The number of methoxy groups -OCH3 is 1. The largest absolute Gasteiger partial charge is 0.467 e. The molecule has 0 aliphatic heterocycles. The minimum Gasteiger partial charge on any atom is -0.467 e. The van der Waals surface area contributed by atoms with Gasteiger partial charge in [0.25, 0.3) is 11.8 Å². The number of rotatable bonds is 10. The molecule has 0 saturated heterocycles. The van der Waals surface area contributed by atoms with Crippen molar-refractivity contribution in [2.45, 2.75) is 25.8 Å². The third-order valence-electron chi connectivity index (χ3n) is 4.47. The third-order valence-corrected chi connectivity index (χ3v) is 4.47. The fourth-order valence-corrected chi connectivity index (χ4v) is 2.84. The molecule has 0 fully saturated rings. The Balaban J connectivity index is 1.74. The lowest BCUT2D eigenvalue weighted by atomic mass is 10.1. The van der Waals surface area contributed by atoms with Crippen LogP contribution in [0.5, 0.6) is 0 Å². The van der Waals surface area contributed by atoms with Crippen LogP contribution in [0.4, 0.5) is 0 Å². The van der Waals surface area contributed by atoms with Crippen molar-refractivity contribution in [3.05, 3.63) is 71.3 Å². The average molecular weight is 426 g/mol. The first-order valence-corrected chi connectivity index (χ1v) is 9.81. The summed E-state index contributed by atoms with van der Waals surface area (Å²) in [5.41, 5.74) is 2.21. The Bertz CT molecular complexity index is 913. The minimum absolute atomic E-state index is 0.0758. The van der Waals surface area contributed by atoms with E-state index in [2.05, 4.69) is 10.6 Å². The van der Waals surface area contributed by atoms with Gasteiger partial charge in [-0.15, -0.1) is 0 Å². The van der Waals surface area contributed by atoms with Crippen LogP contribution in [-0.4, -0.2) is 50.1 Å². The summed E-state index contributed by atoms with van der Waals surface area (Å²) < 4.78 is 9.65. The zero-order valence-corrected chi connectivity index (χ0v) is 17.6. The van der Waals surface area contributed by atoms with Gasteiger partial charge in [-0.1, -0.05) is 48.5 Å². The number of hydrogen-bond acceptors (Lipinski definition) is 6. The highest BCUT2D eigenvalue weighted by atomic mass is 16.5. The predicted molar refractivity (Wildman–Crippen MR) is 113 cm³/mol. The Hall–Kier alpha value is -3.68. The molecule has 8 nitrogen and oxygen atoms in total. The van der Waals surface area contributed by atoms with E-state index in [1.165, 1.54) is 7.11 Å². The Morgan fingerprint density at radius 2 is 1.65 bits per heavy atom. The molecule has 0 saturated carbocycles. The lowest BCUT2D eigenvalue weighted by Crippen LogP contribution is -2.44. The van der Waals surface area contributed by atoms with Gasteiger partial charge in [0, 0.05) is 18.5 Å². The standard InChI is InChI=1S/C23H26N2O6/c1-16-8-6-7-11-18(16)22(28)24-13-12-21(27)31-15-20(26)25-19(23(29)30-2)14-17-9-4-3-5-10-17/h3-11,19H,12-15H2,1-2H3,(H,24,28)(H,25,26). The number of carbonyl (C=O) groups excluding carboxylic acids is 4. The topological polar surface area (TPSA) is 111 Å². The summed E-state index contributed by atoms with van der Waals surface area (Å²) in [6, 6.07) is 15.4. The highest BCUT2D eigenvalue weighted by Crippen LogP contribution is 2.07. The van der Waals surface area contributed by atoms with E-state index in [-0.39, 0.29) is 25.3 Å². The predicted octanol–water partition coefficient (Wildman–Crippen LogP) is 1.56. The first kappa shape index (κ1) is 23.6. The molecule has 0 bridgehead atoms. The normalized spacial score (nSPS) is 11.2. The summed E-state index contributed by atoms with van der Waals surface area (Å²) >= 11 is 0. The van der Waals surface area contributed by atoms with E-state index in [9.17, 15) is 19.2 Å². The van der Waals surface area contributed by atoms with Crippen LogP contribution < -0.4 is 10.6 Å². The van der Waals surface area contributed by atoms with Gasteiger partial charge in [0.1, 0.15) is 6.04 Å². The second-order valence-electron chi connectivity index (χ2n) is 6.81. The molecule has 0 aliphatic carbocycles. The average Bonchev–Trinajstić information content (AvgIpc) is 2.77. The molecule has 2 rings (SSSR count). The SMILES string of the molecule is COC(=O)C(Cc1ccccc1)NC(=O)COC(=O)CCNC(=O)c1ccccc1C. The molecule has 8 heteroatoms. The van der Waals surface area contributed by atoms with Crippen LogP contribution in [-0.2, 0) is 30.3 Å². The van der Waals surface area contributed by atoms with Crippen LogP contribution in [0.25, 0.3) is 0 Å². The minimum atomic E-state index is -0.896. The fourth-order valence-electron chi connectivity index (χ4n) is 2.84. The van der Waals surface area contributed by atoms with E-state index < -0.39 is 30.5 Å². The molecular weight excluding hydrogens is 400 g/mol. The van der Waals surface area contributed by atoms with Crippen LogP contribution in [0, 0.1) is 6.92 Å². The fraction of sp³-hybridized carbons (Fsp3) is 0.304. The molecule has 2 aromatic carbocycles. The van der Waals surface area contributed by atoms with Crippen molar-refractivity contribution in [1.82, 2.24) is 10.6 Å². The lowest BCUT2D eigenvalue weighted by Gasteiger charge is -2.16. The van der Waals surface area contributed by atoms with Gasteiger partial charge in [-0.3, -0.25) is 14.4 Å². The van der Waals surface area contributed by atoms with Crippen LogP contribution in [0.3, 0.4) is 0 Å². The van der Waals surface area contributed by atoms with Crippen LogP contribution in [0.2, 0.25) is 0 Å². The molecule has 0 radical (unpaired) electrons. The maximum absolute atomic E-state index is 12.1. The summed E-state index contributed by atoms with van der Waals surface area (Å²) in [6.07, 6.45) is 0.160. The van der Waals surface area contributed by atoms with Gasteiger partial charge in [-0.2, -0.15) is 0 Å². The summed E-state index contributed by atoms with van der Waals surface area (Å²) in [5, 5.41) is 5.15. The van der Waals surface area contributed by atoms with Gasteiger partial charge < -0.3 is 20.1 Å². The van der Waals surface area contributed by atoms with Crippen LogP contribution >= 0.6 is 0 Å². The van der Waals surface area contributed by atoms with Crippen molar-refractivity contribution < 1.29 is 28.7 Å². The molecule has 0 aliphatic rings. The number of nitrogens with one attached hydrogen (secondary N) is 2. The van der Waals surface area contributed by atoms with Gasteiger partial charge in [0.05, 0.1) is 13.5 Å². The first-order valence-electron chi connectivity index (χ1n) is 9.81. The Morgan fingerprint density at radius 1 is 0.968 bits per heavy atom. The van der Waals surface area contributed by atoms with Gasteiger partial charge in [0.2, 0.25) is 0 Å². The molecule has 1 unspecified atom stereocenters. The molecule has 2 N–H and O–H groups in total. The lowest BCUT2D eigenvalue weighted by molar-refractivity contribution is -0.150. The molecule has 2 aromatic rings. The Morgan fingerprint density at radius 3 is 2.32 bits per heavy atom. The number of hydrogen-bond donors (Lipinski definition) is 2. The van der Waals surface area contributed by atoms with Gasteiger partial charge in [-0.25, -0.2) is 4.79 Å². The van der Waals surface area contributed by atoms with Crippen molar-refractivity contribution in [2.24, 2.45) is 0 Å². The maximum atomic E-state index is 12.1. The quantitative estimate of drug-likeness (QED) is 0.558. The summed E-state index contributed by atoms with van der Waals surface area (Å²) in [5.74, 6) is -2.14. The van der Waals surface area contributed by atoms with Gasteiger partial charge >= 0.3 is 11.9 Å². The summed E-state index contributed by atoms with van der Waals surface area (Å²) in [6.45, 7) is 1.36. The molecule has 2 amide bonds. The summed E-state index contributed by atoms with van der Waals surface area (Å²) in [7, 11) is 1.23. The van der Waals surface area contributed by atoms with Crippen LogP contribution in [0.1, 0.15) is 27.9 Å². The highest BCUT2D eigenvalue weighted by Gasteiger charge is 2.22. The van der Waals surface area contributed by atoms with E-state index >= 15 is 0 Å². The first-order chi connectivity index (χ1) is 14.9. The number of benzene rings is 2. The number of esters is 2. The van der Waals surface area contributed by atoms with Crippen molar-refractivity contribution >= 4 is 23.8 Å². The second-order valence-corrected chi connectivity index (χ2v) is 6.81. The number of ether oxygens (including phenoxy) is 2. The zero-order chi connectivity index (χ0) is 22.6. The third kappa shape index (κ3) is 7.93. The number of aryl methyl sites for hydroxylation is 1. The summed E-state index contributed by atoms with van der Waals surface area (Å²) in [4.78, 5) is 48.0. The molecule has 1 atom stereocenters. The van der Waals surface area contributed by atoms with Crippen molar-refractivity contribution in [1.29, 1.82) is 0 Å². The van der Waals surface area contributed by atoms with E-state index in [0.717, 1.165) is 11.1 Å². The highest BCUT2D eigenvalue weighted by molar-refractivity contribution is 5.95. The van der Waals surface area contributed by atoms with Crippen molar-refractivity contribution in [2.75, 3.05) is 20.3 Å². The van der Waals surface area contributed by atoms with E-state index in [4.69, 9.17) is 9.47 Å². The zero-order valence-electron chi connectivity index (χ0n) is 17.6. The molecule has 0 spiro atoms. The monoisotopic (exact) mass is 426 g/mol. The Labute approximate surface area is 180 Å². The number of carbonyl (C=O) groups is 4. The van der Waals surface area contributed by atoms with Gasteiger partial charge in [-0.05, 0) is 24.1 Å². The van der Waals surface area contributed by atoms with Gasteiger partial charge in [0.15, 0.2) is 6.61 Å². The maximum Gasteiger partial charge on any atom is 0.328 e.